The van der Waals surface area contributed by atoms with Crippen molar-refractivity contribution in [2.24, 2.45) is 5.41 Å². The second-order valence-electron chi connectivity index (χ2n) is 10.7. The molecule has 0 aromatic carbocycles. The van der Waals surface area contributed by atoms with E-state index < -0.39 is 11.6 Å². The molecule has 4 rings (SSSR count). The van der Waals surface area contributed by atoms with Gasteiger partial charge in [0, 0.05) is 36.2 Å². The molecule has 1 amide bonds. The smallest absolute Gasteiger partial charge is 0.394 e. The van der Waals surface area contributed by atoms with E-state index in [0.29, 0.717) is 23.7 Å². The van der Waals surface area contributed by atoms with E-state index in [9.17, 15) is 18.0 Å². The van der Waals surface area contributed by atoms with Gasteiger partial charge in [-0.3, -0.25) is 4.79 Å². The van der Waals surface area contributed by atoms with Crippen LogP contribution in [0.2, 0.25) is 0 Å². The van der Waals surface area contributed by atoms with Gasteiger partial charge in [0.2, 0.25) is 5.88 Å². The van der Waals surface area contributed by atoms with Crippen LogP contribution >= 0.6 is 11.8 Å². The van der Waals surface area contributed by atoms with Crippen molar-refractivity contribution in [1.82, 2.24) is 20.1 Å². The van der Waals surface area contributed by atoms with E-state index in [-0.39, 0.29) is 54.7 Å². The van der Waals surface area contributed by atoms with E-state index >= 15 is 0 Å². The zero-order valence-electron chi connectivity index (χ0n) is 21.8. The normalized spacial score (nSPS) is 22.2. The highest BCUT2D eigenvalue weighted by atomic mass is 32.2. The molecule has 1 aliphatic carbocycles. The summed E-state index contributed by atoms with van der Waals surface area (Å²) in [6.07, 6.45) is 0.635. The van der Waals surface area contributed by atoms with E-state index in [1.54, 1.807) is 36.2 Å². The third kappa shape index (κ3) is 5.69. The van der Waals surface area contributed by atoms with Gasteiger partial charge in [-0.2, -0.15) is 24.9 Å². The number of methoxy groups -OCH3 is 1. The molecule has 2 aromatic heterocycles. The van der Waals surface area contributed by atoms with Crippen LogP contribution in [0.15, 0.2) is 24.4 Å². The van der Waals surface area contributed by atoms with Gasteiger partial charge < -0.3 is 19.7 Å². The van der Waals surface area contributed by atoms with Crippen LogP contribution in [0.5, 0.6) is 5.88 Å². The predicted octanol–water partition coefficient (Wildman–Crippen LogP) is 4.82. The lowest BCUT2D eigenvalue weighted by Gasteiger charge is -2.33. The molecule has 2 aliphatic rings. The lowest BCUT2D eigenvalue weighted by atomic mass is 9.97. The second kappa shape index (κ2) is 10.0. The number of nitrogens with one attached hydrogen (secondary N) is 1. The van der Waals surface area contributed by atoms with Crippen molar-refractivity contribution in [1.29, 1.82) is 0 Å². The fourth-order valence-corrected chi connectivity index (χ4v) is 5.74. The number of carbonyl (C=O) groups excluding carboxylic acids is 1. The first-order valence-electron chi connectivity index (χ1n) is 12.2. The van der Waals surface area contributed by atoms with Crippen molar-refractivity contribution in [2.75, 3.05) is 38.1 Å². The molecule has 0 spiro atoms. The lowest BCUT2D eigenvalue weighted by molar-refractivity contribution is -0.190. The summed E-state index contributed by atoms with van der Waals surface area (Å²) in [4.78, 5) is 20.0. The summed E-state index contributed by atoms with van der Waals surface area (Å²) in [6, 6.07) is 4.98. The first-order valence-corrected chi connectivity index (χ1v) is 13.4. The molecule has 2 aromatic rings. The molecule has 1 N–H and O–H groups in total. The minimum atomic E-state index is -4.21. The average Bonchev–Trinajstić information content (AvgIpc) is 3.42. The number of thioether (sulfide) groups is 1. The summed E-state index contributed by atoms with van der Waals surface area (Å²) in [5.41, 5.74) is -1.45. The topological polar surface area (TPSA) is 81.5 Å². The van der Waals surface area contributed by atoms with Crippen LogP contribution in [0, 0.1) is 5.41 Å². The van der Waals surface area contributed by atoms with Gasteiger partial charge in [0.25, 0.3) is 5.91 Å². The molecule has 0 radical (unpaired) electrons. The maximum Gasteiger partial charge on any atom is 0.394 e. The number of amides is 1. The van der Waals surface area contributed by atoms with E-state index in [1.165, 1.54) is 11.8 Å². The minimum Gasteiger partial charge on any atom is -0.477 e. The Balaban J connectivity index is 1.58. The number of pyridine rings is 1. The summed E-state index contributed by atoms with van der Waals surface area (Å²) >= 11 is 1.79. The Morgan fingerprint density at radius 3 is 2.54 bits per heavy atom. The van der Waals surface area contributed by atoms with Crippen LogP contribution < -0.4 is 15.0 Å². The molecular formula is C25H34F3N5O3S. The zero-order chi connectivity index (χ0) is 27.1. The molecule has 1 saturated carbocycles. The lowest BCUT2D eigenvalue weighted by Crippen LogP contribution is -2.41. The highest BCUT2D eigenvalue weighted by molar-refractivity contribution is 8.00. The summed E-state index contributed by atoms with van der Waals surface area (Å²) in [5.74, 6) is 0.927. The van der Waals surface area contributed by atoms with Gasteiger partial charge >= 0.3 is 6.18 Å². The summed E-state index contributed by atoms with van der Waals surface area (Å²) < 4.78 is 51.6. The van der Waals surface area contributed by atoms with E-state index in [1.807, 2.05) is 0 Å². The highest BCUT2D eigenvalue weighted by Crippen LogP contribution is 2.59. The Labute approximate surface area is 219 Å². The van der Waals surface area contributed by atoms with Crippen LogP contribution in [0.4, 0.5) is 19.0 Å². The molecule has 8 nitrogen and oxygen atoms in total. The Kier molecular flexibility index (Phi) is 7.46. The summed E-state index contributed by atoms with van der Waals surface area (Å²) in [5, 5.41) is 7.10. The molecule has 1 atom stereocenters. The molecule has 3 heterocycles. The Morgan fingerprint density at radius 1 is 1.22 bits per heavy atom. The van der Waals surface area contributed by atoms with E-state index in [4.69, 9.17) is 14.5 Å². The van der Waals surface area contributed by atoms with Crippen LogP contribution in [0.1, 0.15) is 56.8 Å². The number of hydrogen-bond donors (Lipinski definition) is 1. The van der Waals surface area contributed by atoms with Gasteiger partial charge in [-0.05, 0) is 64.8 Å². The van der Waals surface area contributed by atoms with Gasteiger partial charge in [0.05, 0.1) is 17.6 Å². The van der Waals surface area contributed by atoms with Crippen molar-refractivity contribution < 1.29 is 27.4 Å². The number of halogens is 3. The highest BCUT2D eigenvalue weighted by Gasteiger charge is 2.62. The van der Waals surface area contributed by atoms with Gasteiger partial charge in [0.15, 0.2) is 5.82 Å². The summed E-state index contributed by atoms with van der Waals surface area (Å²) in [6.45, 7) is 7.18. The fraction of sp³-hybridized carbons (Fsp3) is 0.640. The summed E-state index contributed by atoms with van der Waals surface area (Å²) in [7, 11) is 1.50. The largest absolute Gasteiger partial charge is 0.477 e. The monoisotopic (exact) mass is 541 g/mol. The van der Waals surface area contributed by atoms with Crippen molar-refractivity contribution >= 4 is 23.5 Å². The Hall–Kier alpha value is -2.47. The van der Waals surface area contributed by atoms with Gasteiger partial charge in [-0.15, -0.1) is 5.10 Å². The molecule has 1 aliphatic heterocycles. The zero-order valence-corrected chi connectivity index (χ0v) is 22.6. The third-order valence-corrected chi connectivity index (χ3v) is 8.60. The number of rotatable bonds is 10. The van der Waals surface area contributed by atoms with Crippen LogP contribution in [-0.4, -0.2) is 70.4 Å². The number of nitrogens with zero attached hydrogens (tertiary/aromatic N) is 4. The average molecular weight is 542 g/mol. The van der Waals surface area contributed by atoms with E-state index in [0.717, 1.165) is 6.42 Å². The van der Waals surface area contributed by atoms with E-state index in [2.05, 4.69) is 42.3 Å². The van der Waals surface area contributed by atoms with Crippen molar-refractivity contribution in [2.45, 2.75) is 62.9 Å². The Morgan fingerprint density at radius 2 is 1.95 bits per heavy atom. The maximum absolute atomic E-state index is 13.2. The molecule has 0 bridgehead atoms. The molecule has 1 saturated heterocycles. The third-order valence-electron chi connectivity index (χ3n) is 7.35. The standard InChI is InChI=1S/C25H34F3N5O3S/c1-22(2)14-23(3,37-5)15-32(22)20-17(21(34)29-16-35-4)6-7-18(30-20)33-12-8-19(31-33)36-13-11-24(9-10-24)25(26,27)28/h6-8,12H,9-11,13-16H2,1-5H3,(H,29,34)/t23-/m1/s1. The van der Waals surface area contributed by atoms with Crippen LogP contribution in [0.3, 0.4) is 0 Å². The molecule has 12 heteroatoms. The number of hydrogen-bond acceptors (Lipinski definition) is 7. The molecular weight excluding hydrogens is 507 g/mol. The first-order chi connectivity index (χ1) is 17.3. The molecule has 2 fully saturated rings. The van der Waals surface area contributed by atoms with Crippen molar-refractivity contribution in [3.63, 3.8) is 0 Å². The maximum atomic E-state index is 13.2. The van der Waals surface area contributed by atoms with Crippen LogP contribution in [0.25, 0.3) is 5.82 Å². The van der Waals surface area contributed by atoms with Crippen LogP contribution in [-0.2, 0) is 4.74 Å². The van der Waals surface area contributed by atoms with Crippen molar-refractivity contribution in [3.8, 4) is 11.7 Å². The second-order valence-corrected chi connectivity index (χ2v) is 12.1. The SMILES string of the molecule is COCNC(=O)c1ccc(-n2ccc(OCCC3(C(F)(F)F)CC3)n2)nc1N1C[C@](C)(SC)CC1(C)C. The number of aromatic nitrogens is 3. The predicted molar refractivity (Wildman–Crippen MR) is 136 cm³/mol. The van der Waals surface area contributed by atoms with Gasteiger partial charge in [-0.1, -0.05) is 0 Å². The number of ether oxygens (including phenoxy) is 2. The number of carbonyl (C=O) groups is 1. The molecule has 0 unspecified atom stereocenters. The number of alkyl halides is 3. The Bertz CT molecular complexity index is 1140. The minimum absolute atomic E-state index is 0.0104. The molecule has 204 valence electrons. The first kappa shape index (κ1) is 27.6. The number of anilines is 1. The van der Waals surface area contributed by atoms with Gasteiger partial charge in [-0.25, -0.2) is 9.67 Å². The molecule has 37 heavy (non-hydrogen) atoms. The fourth-order valence-electron chi connectivity index (χ4n) is 4.98. The van der Waals surface area contributed by atoms with Crippen molar-refractivity contribution in [3.05, 3.63) is 30.0 Å². The van der Waals surface area contributed by atoms with Gasteiger partial charge in [0.1, 0.15) is 12.5 Å². The quantitative estimate of drug-likeness (QED) is 0.432.